The minimum atomic E-state index is 0.938. The quantitative estimate of drug-likeness (QED) is 0.765. The molecule has 0 N–H and O–H groups in total. The van der Waals surface area contributed by atoms with Crippen molar-refractivity contribution in [1.29, 1.82) is 0 Å². The first-order valence-corrected chi connectivity index (χ1v) is 6.27. The molecule has 2 aromatic carbocycles. The lowest BCUT2D eigenvalue weighted by Gasteiger charge is -2.02. The minimum absolute atomic E-state index is 0.938. The van der Waals surface area contributed by atoms with Crippen molar-refractivity contribution in [2.75, 3.05) is 0 Å². The monoisotopic (exact) mass is 234 g/mol. The summed E-state index contributed by atoms with van der Waals surface area (Å²) in [6.07, 6.45) is 7.27. The van der Waals surface area contributed by atoms with Gasteiger partial charge < -0.3 is 0 Å². The van der Waals surface area contributed by atoms with Crippen LogP contribution in [0, 0.1) is 0 Å². The van der Waals surface area contributed by atoms with Crippen molar-refractivity contribution < 1.29 is 0 Å². The first kappa shape index (κ1) is 12.4. The Labute approximate surface area is 109 Å². The van der Waals surface area contributed by atoms with E-state index in [0.717, 1.165) is 6.42 Å². The lowest BCUT2D eigenvalue weighted by atomic mass is 10.0. The Kier molecular flexibility index (Phi) is 4.14. The number of hydrogen-bond acceptors (Lipinski definition) is 0. The van der Waals surface area contributed by atoms with Gasteiger partial charge in [0.2, 0.25) is 0 Å². The molecule has 0 radical (unpaired) electrons. The molecule has 0 bridgehead atoms. The maximum atomic E-state index is 3.86. The molecule has 0 aromatic heterocycles. The molecule has 0 aliphatic rings. The Morgan fingerprint density at radius 3 is 2.33 bits per heavy atom. The number of benzene rings is 2. The van der Waals surface area contributed by atoms with Gasteiger partial charge in [-0.25, -0.2) is 0 Å². The summed E-state index contributed by atoms with van der Waals surface area (Å²) < 4.78 is 0. The molecule has 0 atom stereocenters. The first-order chi connectivity index (χ1) is 8.85. The topological polar surface area (TPSA) is 0 Å². The summed E-state index contributed by atoms with van der Waals surface area (Å²) >= 11 is 0. The Morgan fingerprint density at radius 1 is 0.944 bits per heavy atom. The van der Waals surface area contributed by atoms with Crippen LogP contribution in [0.2, 0.25) is 0 Å². The van der Waals surface area contributed by atoms with Crippen LogP contribution < -0.4 is 10.4 Å². The largest absolute Gasteiger partial charge is 0.0985 e. The van der Waals surface area contributed by atoms with Crippen molar-refractivity contribution in [3.63, 3.8) is 0 Å². The maximum absolute atomic E-state index is 3.86. The van der Waals surface area contributed by atoms with Crippen LogP contribution in [0.25, 0.3) is 18.2 Å². The summed E-state index contributed by atoms with van der Waals surface area (Å²) in [6, 6.07) is 16.8. The van der Waals surface area contributed by atoms with E-state index in [0.29, 0.717) is 0 Å². The molecule has 0 nitrogen and oxygen atoms in total. The van der Waals surface area contributed by atoms with E-state index in [9.17, 15) is 0 Å². The van der Waals surface area contributed by atoms with E-state index in [-0.39, 0.29) is 0 Å². The smallest absolute Gasteiger partial charge is 0.00823 e. The van der Waals surface area contributed by atoms with Crippen molar-refractivity contribution in [1.82, 2.24) is 0 Å². The fourth-order valence-corrected chi connectivity index (χ4v) is 2.10. The molecule has 0 aliphatic heterocycles. The van der Waals surface area contributed by atoms with Crippen molar-refractivity contribution in [3.05, 3.63) is 76.7 Å². The fraction of sp³-hybridized carbons (Fsp3) is 0.111. The van der Waals surface area contributed by atoms with E-state index in [2.05, 4.69) is 68.1 Å². The van der Waals surface area contributed by atoms with Gasteiger partial charge in [-0.3, -0.25) is 0 Å². The van der Waals surface area contributed by atoms with Crippen molar-refractivity contribution in [3.8, 4) is 0 Å². The first-order valence-electron chi connectivity index (χ1n) is 6.27. The molecular weight excluding hydrogens is 216 g/mol. The molecule has 2 aromatic rings. The van der Waals surface area contributed by atoms with Gasteiger partial charge in [-0.1, -0.05) is 73.3 Å². The standard InChI is InChI=1S/C18H18/c1-3-15-9-5-7-11-17(15)13-14-18-12-8-6-10-16(18)4-2/h3-12,14H,1,13H2,2H3/b16-4-,18-14-. The Hall–Kier alpha value is -2.08. The molecule has 0 amide bonds. The van der Waals surface area contributed by atoms with Crippen LogP contribution in [-0.4, -0.2) is 0 Å². The van der Waals surface area contributed by atoms with Crippen molar-refractivity contribution in [2.24, 2.45) is 0 Å². The molecule has 0 saturated carbocycles. The van der Waals surface area contributed by atoms with Crippen LogP contribution >= 0.6 is 0 Å². The minimum Gasteiger partial charge on any atom is -0.0985 e. The van der Waals surface area contributed by atoms with Gasteiger partial charge in [0.05, 0.1) is 0 Å². The maximum Gasteiger partial charge on any atom is -0.00823 e. The lowest BCUT2D eigenvalue weighted by Crippen LogP contribution is -2.23. The molecule has 0 heteroatoms. The van der Waals surface area contributed by atoms with Gasteiger partial charge in [0.15, 0.2) is 0 Å². The van der Waals surface area contributed by atoms with Gasteiger partial charge in [-0.15, -0.1) is 0 Å². The fourth-order valence-electron chi connectivity index (χ4n) is 2.10. The van der Waals surface area contributed by atoms with Crippen LogP contribution in [0.1, 0.15) is 18.1 Å². The van der Waals surface area contributed by atoms with Gasteiger partial charge in [0.1, 0.15) is 0 Å². The van der Waals surface area contributed by atoms with Gasteiger partial charge in [0, 0.05) is 0 Å². The predicted molar refractivity (Wildman–Crippen MR) is 80.5 cm³/mol. The van der Waals surface area contributed by atoms with Gasteiger partial charge in [0.25, 0.3) is 0 Å². The molecular formula is C18H18. The molecule has 0 unspecified atom stereocenters. The molecule has 2 rings (SSSR count). The van der Waals surface area contributed by atoms with E-state index < -0.39 is 0 Å². The zero-order chi connectivity index (χ0) is 12.8. The Bertz CT molecular complexity index is 648. The van der Waals surface area contributed by atoms with Crippen LogP contribution in [0.3, 0.4) is 0 Å². The Morgan fingerprint density at radius 2 is 1.61 bits per heavy atom. The van der Waals surface area contributed by atoms with E-state index >= 15 is 0 Å². The lowest BCUT2D eigenvalue weighted by molar-refractivity contribution is 1.30. The number of rotatable bonds is 3. The van der Waals surface area contributed by atoms with E-state index in [1.807, 2.05) is 12.1 Å². The van der Waals surface area contributed by atoms with E-state index in [1.54, 1.807) is 0 Å². The summed E-state index contributed by atoms with van der Waals surface area (Å²) in [5.41, 5.74) is 2.53. The zero-order valence-electron chi connectivity index (χ0n) is 10.8. The second kappa shape index (κ2) is 6.02. The van der Waals surface area contributed by atoms with Crippen LogP contribution in [0.15, 0.2) is 55.1 Å². The average Bonchev–Trinajstić information content (AvgIpc) is 2.45. The van der Waals surface area contributed by atoms with Crippen LogP contribution in [0.5, 0.6) is 0 Å². The molecule has 0 aliphatic carbocycles. The number of hydrogen-bond donors (Lipinski definition) is 0. The third-order valence-corrected chi connectivity index (χ3v) is 3.12. The summed E-state index contributed by atoms with van der Waals surface area (Å²) in [5.74, 6) is 0. The summed E-state index contributed by atoms with van der Waals surface area (Å²) in [4.78, 5) is 0. The molecule has 0 saturated heterocycles. The summed E-state index contributed by atoms with van der Waals surface area (Å²) in [6.45, 7) is 5.93. The normalized spacial score (nSPS) is 12.7. The molecule has 90 valence electrons. The highest BCUT2D eigenvalue weighted by Crippen LogP contribution is 2.10. The third kappa shape index (κ3) is 2.78. The van der Waals surface area contributed by atoms with Gasteiger partial charge in [-0.2, -0.15) is 0 Å². The highest BCUT2D eigenvalue weighted by atomic mass is 14.0. The zero-order valence-corrected chi connectivity index (χ0v) is 10.8. The molecule has 0 spiro atoms. The average molecular weight is 234 g/mol. The molecule has 18 heavy (non-hydrogen) atoms. The Balaban J connectivity index is 2.39. The molecule has 0 fully saturated rings. The molecule has 0 heterocycles. The highest BCUT2D eigenvalue weighted by molar-refractivity contribution is 5.54. The second-order valence-corrected chi connectivity index (χ2v) is 4.23. The summed E-state index contributed by atoms with van der Waals surface area (Å²) in [7, 11) is 0. The SMILES string of the molecule is C=Cc1ccccc1C/C=c1/cccc/c1=C/C. The van der Waals surface area contributed by atoms with Crippen molar-refractivity contribution >= 4 is 18.2 Å². The van der Waals surface area contributed by atoms with Crippen LogP contribution in [0.4, 0.5) is 0 Å². The van der Waals surface area contributed by atoms with E-state index in [4.69, 9.17) is 0 Å². The van der Waals surface area contributed by atoms with Crippen molar-refractivity contribution in [2.45, 2.75) is 13.3 Å². The van der Waals surface area contributed by atoms with Crippen LogP contribution in [-0.2, 0) is 6.42 Å². The van der Waals surface area contributed by atoms with Gasteiger partial charge >= 0.3 is 0 Å². The highest BCUT2D eigenvalue weighted by Gasteiger charge is 1.95. The van der Waals surface area contributed by atoms with E-state index in [1.165, 1.54) is 21.6 Å². The third-order valence-electron chi connectivity index (χ3n) is 3.12. The predicted octanol–water partition coefficient (Wildman–Crippen LogP) is 3.15. The summed E-state index contributed by atoms with van der Waals surface area (Å²) in [5, 5.41) is 2.58. The second-order valence-electron chi connectivity index (χ2n) is 4.23. The van der Waals surface area contributed by atoms with Gasteiger partial charge in [-0.05, 0) is 34.9 Å².